The van der Waals surface area contributed by atoms with Crippen LogP contribution in [0.15, 0.2) is 29.2 Å². The fourth-order valence-electron chi connectivity index (χ4n) is 1.96. The molecule has 0 aromatic heterocycles. The monoisotopic (exact) mass is 324 g/mol. The Morgan fingerprint density at radius 1 is 1.19 bits per heavy atom. The fraction of sp³-hybridized carbons (Fsp3) is 0.333. The van der Waals surface area contributed by atoms with Gasteiger partial charge in [0.15, 0.2) is 0 Å². The zero-order chi connectivity index (χ0) is 15.4. The summed E-state index contributed by atoms with van der Waals surface area (Å²) in [7, 11) is 0. The quantitative estimate of drug-likeness (QED) is 0.775. The number of benzene rings is 1. The van der Waals surface area contributed by atoms with Gasteiger partial charge in [-0.25, -0.2) is 0 Å². The van der Waals surface area contributed by atoms with Crippen LogP contribution in [0.25, 0.3) is 6.08 Å². The van der Waals surface area contributed by atoms with Gasteiger partial charge in [-0.2, -0.15) is 0 Å². The van der Waals surface area contributed by atoms with Crippen molar-refractivity contribution in [3.63, 3.8) is 0 Å². The number of nitrogens with zero attached hydrogens (tertiary/aromatic N) is 2. The molecule has 0 unspecified atom stereocenters. The Morgan fingerprint density at radius 2 is 1.81 bits per heavy atom. The van der Waals surface area contributed by atoms with Gasteiger partial charge in [0.2, 0.25) is 0 Å². The van der Waals surface area contributed by atoms with Gasteiger partial charge in [-0.15, -0.1) is 0 Å². The molecule has 112 valence electrons. The number of rotatable bonds is 5. The minimum absolute atomic E-state index is 0.216. The molecule has 1 aliphatic rings. The maximum absolute atomic E-state index is 12.3. The van der Waals surface area contributed by atoms with Crippen LogP contribution in [0.1, 0.15) is 19.4 Å². The molecule has 2 amide bonds. The maximum Gasteiger partial charge on any atom is 0.294 e. The van der Waals surface area contributed by atoms with E-state index in [2.05, 4.69) is 0 Å². The summed E-state index contributed by atoms with van der Waals surface area (Å²) in [5.41, 5.74) is 0.854. The predicted octanol–water partition coefficient (Wildman–Crippen LogP) is 3.68. The largest absolute Gasteiger partial charge is 0.294 e. The first kappa shape index (κ1) is 16.1. The van der Waals surface area contributed by atoms with Crippen molar-refractivity contribution >= 4 is 40.6 Å². The van der Waals surface area contributed by atoms with Gasteiger partial charge in [-0.05, 0) is 48.6 Å². The first-order valence-corrected chi connectivity index (χ1v) is 7.97. The second-order valence-electron chi connectivity index (χ2n) is 4.61. The molecule has 1 heterocycles. The van der Waals surface area contributed by atoms with E-state index in [-0.39, 0.29) is 11.1 Å². The van der Waals surface area contributed by atoms with Crippen molar-refractivity contribution in [1.82, 2.24) is 9.80 Å². The van der Waals surface area contributed by atoms with Gasteiger partial charge in [0.25, 0.3) is 11.1 Å². The summed E-state index contributed by atoms with van der Waals surface area (Å²) in [6.07, 6.45) is 1.73. The molecule has 0 spiro atoms. The van der Waals surface area contributed by atoms with Crippen LogP contribution in [0.5, 0.6) is 0 Å². The number of halogens is 1. The van der Waals surface area contributed by atoms with Gasteiger partial charge in [-0.3, -0.25) is 19.4 Å². The number of carbonyl (C=O) groups excluding carboxylic acids is 2. The Hall–Kier alpha value is -1.30. The molecule has 6 heteroatoms. The maximum atomic E-state index is 12.3. The number of amides is 2. The molecule has 0 aliphatic carbocycles. The molecule has 1 saturated heterocycles. The number of imide groups is 1. The zero-order valence-corrected chi connectivity index (χ0v) is 13.6. The van der Waals surface area contributed by atoms with E-state index < -0.39 is 0 Å². The summed E-state index contributed by atoms with van der Waals surface area (Å²) in [6, 6.07) is 7.16. The highest BCUT2D eigenvalue weighted by Crippen LogP contribution is 2.32. The van der Waals surface area contributed by atoms with E-state index in [9.17, 15) is 9.59 Å². The molecular weight excluding hydrogens is 308 g/mol. The normalized spacial score (nSPS) is 17.3. The van der Waals surface area contributed by atoms with Crippen LogP contribution >= 0.6 is 23.4 Å². The molecule has 0 N–H and O–H groups in total. The first-order chi connectivity index (χ1) is 10.0. The molecule has 1 fully saturated rings. The Morgan fingerprint density at radius 3 is 2.38 bits per heavy atom. The Bertz CT molecular complexity index is 568. The van der Waals surface area contributed by atoms with Crippen molar-refractivity contribution in [3.05, 3.63) is 39.8 Å². The molecule has 4 nitrogen and oxygen atoms in total. The van der Waals surface area contributed by atoms with Gasteiger partial charge in [-0.1, -0.05) is 37.6 Å². The average Bonchev–Trinajstić information content (AvgIpc) is 2.74. The number of hydrogen-bond acceptors (Lipinski definition) is 4. The van der Waals surface area contributed by atoms with Crippen molar-refractivity contribution in [2.75, 3.05) is 19.8 Å². The summed E-state index contributed by atoms with van der Waals surface area (Å²) in [6.45, 7) is 5.96. The van der Waals surface area contributed by atoms with Crippen molar-refractivity contribution in [1.29, 1.82) is 0 Å². The van der Waals surface area contributed by atoms with Gasteiger partial charge >= 0.3 is 0 Å². The van der Waals surface area contributed by atoms with E-state index in [1.54, 1.807) is 18.2 Å². The lowest BCUT2D eigenvalue weighted by molar-refractivity contribution is -0.124. The Kier molecular flexibility index (Phi) is 5.45. The van der Waals surface area contributed by atoms with Crippen molar-refractivity contribution < 1.29 is 9.59 Å². The number of carbonyl (C=O) groups is 2. The third kappa shape index (κ3) is 3.87. The van der Waals surface area contributed by atoms with E-state index in [0.717, 1.165) is 30.4 Å². The molecule has 0 atom stereocenters. The first-order valence-electron chi connectivity index (χ1n) is 6.78. The van der Waals surface area contributed by atoms with E-state index in [4.69, 9.17) is 11.6 Å². The smallest absolute Gasteiger partial charge is 0.286 e. The van der Waals surface area contributed by atoms with E-state index >= 15 is 0 Å². The minimum atomic E-state index is -0.230. The van der Waals surface area contributed by atoms with Gasteiger partial charge in [0, 0.05) is 5.02 Å². The zero-order valence-electron chi connectivity index (χ0n) is 12.0. The van der Waals surface area contributed by atoms with Crippen LogP contribution < -0.4 is 0 Å². The van der Waals surface area contributed by atoms with Crippen LogP contribution in [0.3, 0.4) is 0 Å². The van der Waals surface area contributed by atoms with E-state index in [0.29, 0.717) is 16.6 Å². The van der Waals surface area contributed by atoms with Crippen molar-refractivity contribution in [3.8, 4) is 0 Å². The fourth-order valence-corrected chi connectivity index (χ4v) is 2.91. The lowest BCUT2D eigenvalue weighted by atomic mass is 10.2. The molecule has 21 heavy (non-hydrogen) atoms. The number of thioether (sulfide) groups is 1. The SMILES string of the molecule is CCN(CC)CN1C(=O)SC(=Cc2ccc(Cl)cc2)C1=O. The van der Waals surface area contributed by atoms with Crippen molar-refractivity contribution in [2.45, 2.75) is 13.8 Å². The Labute approximate surface area is 133 Å². The molecule has 1 aromatic carbocycles. The highest BCUT2D eigenvalue weighted by molar-refractivity contribution is 8.18. The third-order valence-corrected chi connectivity index (χ3v) is 4.44. The summed E-state index contributed by atoms with van der Waals surface area (Å²) >= 11 is 6.81. The van der Waals surface area contributed by atoms with E-state index in [1.807, 2.05) is 30.9 Å². The van der Waals surface area contributed by atoms with Crippen LogP contribution in [0.4, 0.5) is 4.79 Å². The standard InChI is InChI=1S/C15H17ClN2O2S/c1-3-17(4-2)10-18-14(19)13(21-15(18)20)9-11-5-7-12(16)8-6-11/h5-9H,3-4,10H2,1-2H3. The molecular formula is C15H17ClN2O2S. The van der Waals surface area contributed by atoms with Crippen LogP contribution in [-0.4, -0.2) is 40.7 Å². The highest BCUT2D eigenvalue weighted by Gasteiger charge is 2.35. The minimum Gasteiger partial charge on any atom is -0.286 e. The van der Waals surface area contributed by atoms with Gasteiger partial charge < -0.3 is 0 Å². The molecule has 1 aliphatic heterocycles. The molecule has 1 aromatic rings. The molecule has 0 saturated carbocycles. The lowest BCUT2D eigenvalue weighted by Crippen LogP contribution is -2.40. The molecule has 2 rings (SSSR count). The van der Waals surface area contributed by atoms with Crippen LogP contribution in [0, 0.1) is 0 Å². The van der Waals surface area contributed by atoms with Gasteiger partial charge in [0.1, 0.15) is 0 Å². The average molecular weight is 325 g/mol. The summed E-state index contributed by atoms with van der Waals surface area (Å²) in [5.74, 6) is -0.230. The second-order valence-corrected chi connectivity index (χ2v) is 6.04. The van der Waals surface area contributed by atoms with Crippen LogP contribution in [-0.2, 0) is 4.79 Å². The number of hydrogen-bond donors (Lipinski definition) is 0. The van der Waals surface area contributed by atoms with E-state index in [1.165, 1.54) is 4.90 Å². The highest BCUT2D eigenvalue weighted by atomic mass is 35.5. The molecule has 0 bridgehead atoms. The predicted molar refractivity (Wildman–Crippen MR) is 87.1 cm³/mol. The topological polar surface area (TPSA) is 40.6 Å². The summed E-state index contributed by atoms with van der Waals surface area (Å²) in [5, 5.41) is 0.425. The lowest BCUT2D eigenvalue weighted by Gasteiger charge is -2.23. The second kappa shape index (κ2) is 7.11. The third-order valence-electron chi connectivity index (χ3n) is 3.28. The van der Waals surface area contributed by atoms with Gasteiger partial charge in [0.05, 0.1) is 11.6 Å². The Balaban J connectivity index is 2.15. The summed E-state index contributed by atoms with van der Waals surface area (Å²) < 4.78 is 0. The van der Waals surface area contributed by atoms with Crippen molar-refractivity contribution in [2.24, 2.45) is 0 Å². The summed E-state index contributed by atoms with van der Waals surface area (Å²) in [4.78, 5) is 28.1. The van der Waals surface area contributed by atoms with Crippen LogP contribution in [0.2, 0.25) is 5.02 Å². The molecule has 0 radical (unpaired) electrons.